The Morgan fingerprint density at radius 3 is 2.48 bits per heavy atom. The fourth-order valence-electron chi connectivity index (χ4n) is 2.16. The summed E-state index contributed by atoms with van der Waals surface area (Å²) in [7, 11) is 3.33. The molecule has 21 heavy (non-hydrogen) atoms. The highest BCUT2D eigenvalue weighted by Gasteiger charge is 2.05. The molecule has 0 heterocycles. The van der Waals surface area contributed by atoms with E-state index in [9.17, 15) is 0 Å². The molecule has 0 saturated carbocycles. The average Bonchev–Trinajstić information content (AvgIpc) is 2.51. The Bertz CT molecular complexity index is 614. The zero-order valence-electron chi connectivity index (χ0n) is 12.6. The molecule has 0 aliphatic rings. The van der Waals surface area contributed by atoms with Crippen molar-refractivity contribution in [2.24, 2.45) is 0 Å². The number of rotatable bonds is 6. The topological polar surface area (TPSA) is 30.5 Å². The number of benzene rings is 2. The molecular weight excluding hydrogens is 330 g/mol. The van der Waals surface area contributed by atoms with Gasteiger partial charge in [0, 0.05) is 29.2 Å². The summed E-state index contributed by atoms with van der Waals surface area (Å²) in [5, 5.41) is 3.44. The molecule has 0 bridgehead atoms. The van der Waals surface area contributed by atoms with Crippen LogP contribution in [-0.2, 0) is 13.1 Å². The first-order valence-corrected chi connectivity index (χ1v) is 7.60. The minimum Gasteiger partial charge on any atom is -0.497 e. The molecule has 0 fully saturated rings. The smallest absolute Gasteiger partial charge is 0.127 e. The van der Waals surface area contributed by atoms with Gasteiger partial charge in [0.25, 0.3) is 0 Å². The van der Waals surface area contributed by atoms with Crippen LogP contribution in [0.5, 0.6) is 11.5 Å². The molecule has 0 aromatic heterocycles. The fraction of sp³-hybridized carbons (Fsp3) is 0.294. The Balaban J connectivity index is 1.98. The van der Waals surface area contributed by atoms with Gasteiger partial charge in [-0.2, -0.15) is 0 Å². The quantitative estimate of drug-likeness (QED) is 0.852. The summed E-state index contributed by atoms with van der Waals surface area (Å²) >= 11 is 3.52. The van der Waals surface area contributed by atoms with Crippen LogP contribution >= 0.6 is 15.9 Å². The SMILES string of the molecule is COc1ccc(CNCc2ccc(Br)c(C)c2)c(OC)c1. The molecule has 0 amide bonds. The van der Waals surface area contributed by atoms with Crippen LogP contribution in [0, 0.1) is 6.92 Å². The normalized spacial score (nSPS) is 10.5. The summed E-state index contributed by atoms with van der Waals surface area (Å²) in [6.07, 6.45) is 0. The molecule has 0 unspecified atom stereocenters. The molecule has 2 aromatic rings. The molecular formula is C17H20BrNO2. The second kappa shape index (κ2) is 7.48. The van der Waals surface area contributed by atoms with Crippen molar-refractivity contribution in [2.75, 3.05) is 14.2 Å². The van der Waals surface area contributed by atoms with Crippen LogP contribution in [0.2, 0.25) is 0 Å². The molecule has 2 rings (SSSR count). The van der Waals surface area contributed by atoms with E-state index in [0.29, 0.717) is 0 Å². The Kier molecular flexibility index (Phi) is 5.65. The first kappa shape index (κ1) is 15.9. The van der Waals surface area contributed by atoms with Crippen LogP contribution in [0.15, 0.2) is 40.9 Å². The van der Waals surface area contributed by atoms with Crippen LogP contribution in [0.4, 0.5) is 0 Å². The van der Waals surface area contributed by atoms with Gasteiger partial charge < -0.3 is 14.8 Å². The minimum absolute atomic E-state index is 0.752. The van der Waals surface area contributed by atoms with Crippen LogP contribution < -0.4 is 14.8 Å². The van der Waals surface area contributed by atoms with Crippen LogP contribution in [0.25, 0.3) is 0 Å². The van der Waals surface area contributed by atoms with E-state index in [-0.39, 0.29) is 0 Å². The van der Waals surface area contributed by atoms with Gasteiger partial charge in [-0.05, 0) is 30.2 Å². The van der Waals surface area contributed by atoms with E-state index in [4.69, 9.17) is 9.47 Å². The average molecular weight is 350 g/mol. The van der Waals surface area contributed by atoms with E-state index in [0.717, 1.165) is 34.6 Å². The Labute approximate surface area is 134 Å². The van der Waals surface area contributed by atoms with Crippen molar-refractivity contribution in [3.8, 4) is 11.5 Å². The number of ether oxygens (including phenoxy) is 2. The third kappa shape index (κ3) is 4.22. The number of hydrogen-bond donors (Lipinski definition) is 1. The molecule has 112 valence electrons. The van der Waals surface area contributed by atoms with Gasteiger partial charge in [-0.1, -0.05) is 34.1 Å². The van der Waals surface area contributed by atoms with Crippen molar-refractivity contribution < 1.29 is 9.47 Å². The van der Waals surface area contributed by atoms with Crippen molar-refractivity contribution in [1.82, 2.24) is 5.32 Å². The number of nitrogens with one attached hydrogen (secondary N) is 1. The summed E-state index contributed by atoms with van der Waals surface area (Å²) in [5.74, 6) is 1.65. The van der Waals surface area contributed by atoms with E-state index in [1.54, 1.807) is 14.2 Å². The van der Waals surface area contributed by atoms with Crippen LogP contribution in [-0.4, -0.2) is 14.2 Å². The second-order valence-corrected chi connectivity index (χ2v) is 5.72. The molecule has 0 spiro atoms. The van der Waals surface area contributed by atoms with E-state index in [1.165, 1.54) is 11.1 Å². The first-order valence-electron chi connectivity index (χ1n) is 6.80. The zero-order valence-corrected chi connectivity index (χ0v) is 14.2. The molecule has 0 saturated heterocycles. The highest BCUT2D eigenvalue weighted by molar-refractivity contribution is 9.10. The van der Waals surface area contributed by atoms with E-state index in [1.807, 2.05) is 18.2 Å². The molecule has 3 nitrogen and oxygen atoms in total. The molecule has 0 atom stereocenters. The Morgan fingerprint density at radius 2 is 1.81 bits per heavy atom. The molecule has 4 heteroatoms. The Hall–Kier alpha value is -1.52. The van der Waals surface area contributed by atoms with Gasteiger partial charge in [-0.3, -0.25) is 0 Å². The lowest BCUT2D eigenvalue weighted by Gasteiger charge is -2.11. The van der Waals surface area contributed by atoms with Gasteiger partial charge in [0.2, 0.25) is 0 Å². The van der Waals surface area contributed by atoms with E-state index < -0.39 is 0 Å². The minimum atomic E-state index is 0.752. The van der Waals surface area contributed by atoms with Gasteiger partial charge >= 0.3 is 0 Å². The number of halogens is 1. The number of hydrogen-bond acceptors (Lipinski definition) is 3. The predicted molar refractivity (Wildman–Crippen MR) is 89.0 cm³/mol. The predicted octanol–water partition coefficient (Wildman–Crippen LogP) is 4.06. The van der Waals surface area contributed by atoms with Crippen LogP contribution in [0.3, 0.4) is 0 Å². The third-order valence-electron chi connectivity index (χ3n) is 3.36. The van der Waals surface area contributed by atoms with E-state index in [2.05, 4.69) is 46.4 Å². The maximum atomic E-state index is 5.40. The molecule has 0 aliphatic carbocycles. The summed E-state index contributed by atoms with van der Waals surface area (Å²) < 4.78 is 11.7. The maximum absolute atomic E-state index is 5.40. The summed E-state index contributed by atoms with van der Waals surface area (Å²) in [4.78, 5) is 0. The molecule has 0 radical (unpaired) electrons. The highest BCUT2D eigenvalue weighted by atomic mass is 79.9. The van der Waals surface area contributed by atoms with Crippen LogP contribution in [0.1, 0.15) is 16.7 Å². The van der Waals surface area contributed by atoms with Gasteiger partial charge in [0.15, 0.2) is 0 Å². The lowest BCUT2D eigenvalue weighted by atomic mass is 10.1. The summed E-state index contributed by atoms with van der Waals surface area (Å²) in [5.41, 5.74) is 3.63. The molecule has 2 aromatic carbocycles. The number of aryl methyl sites for hydroxylation is 1. The zero-order chi connectivity index (χ0) is 15.2. The molecule has 1 N–H and O–H groups in total. The maximum Gasteiger partial charge on any atom is 0.127 e. The lowest BCUT2D eigenvalue weighted by molar-refractivity contribution is 0.390. The Morgan fingerprint density at radius 1 is 1.00 bits per heavy atom. The van der Waals surface area contributed by atoms with Crippen molar-refractivity contribution in [2.45, 2.75) is 20.0 Å². The summed E-state index contributed by atoms with van der Waals surface area (Å²) in [6, 6.07) is 12.3. The monoisotopic (exact) mass is 349 g/mol. The third-order valence-corrected chi connectivity index (χ3v) is 4.25. The van der Waals surface area contributed by atoms with Gasteiger partial charge in [0.1, 0.15) is 11.5 Å². The van der Waals surface area contributed by atoms with Gasteiger partial charge in [-0.25, -0.2) is 0 Å². The highest BCUT2D eigenvalue weighted by Crippen LogP contribution is 2.24. The van der Waals surface area contributed by atoms with E-state index >= 15 is 0 Å². The van der Waals surface area contributed by atoms with Crippen molar-refractivity contribution in [3.05, 3.63) is 57.6 Å². The second-order valence-electron chi connectivity index (χ2n) is 4.86. The van der Waals surface area contributed by atoms with Crippen molar-refractivity contribution in [3.63, 3.8) is 0 Å². The van der Waals surface area contributed by atoms with Crippen molar-refractivity contribution in [1.29, 1.82) is 0 Å². The first-order chi connectivity index (χ1) is 10.1. The molecule has 0 aliphatic heterocycles. The van der Waals surface area contributed by atoms with Crippen molar-refractivity contribution >= 4 is 15.9 Å². The van der Waals surface area contributed by atoms with Gasteiger partial charge in [-0.15, -0.1) is 0 Å². The van der Waals surface area contributed by atoms with Gasteiger partial charge in [0.05, 0.1) is 14.2 Å². The standard InChI is InChI=1S/C17H20BrNO2/c1-12-8-13(4-7-16(12)18)10-19-11-14-5-6-15(20-2)9-17(14)21-3/h4-9,19H,10-11H2,1-3H3. The largest absolute Gasteiger partial charge is 0.497 e. The fourth-order valence-corrected chi connectivity index (χ4v) is 2.40. The lowest BCUT2D eigenvalue weighted by Crippen LogP contribution is -2.13. The summed E-state index contributed by atoms with van der Waals surface area (Å²) in [6.45, 7) is 3.67. The number of methoxy groups -OCH3 is 2.